The summed E-state index contributed by atoms with van der Waals surface area (Å²) in [5.41, 5.74) is 8.78. The number of aryl methyl sites for hydroxylation is 1. The lowest BCUT2D eigenvalue weighted by Crippen LogP contribution is -2.50. The highest BCUT2D eigenvalue weighted by Crippen LogP contribution is 2.41. The Balaban J connectivity index is 1.10. The first-order chi connectivity index (χ1) is 17.9. The number of rotatable bonds is 5. The number of halogens is 1. The zero-order valence-corrected chi connectivity index (χ0v) is 21.2. The Morgan fingerprint density at radius 2 is 2.14 bits per heavy atom. The van der Waals surface area contributed by atoms with Crippen LogP contribution in [0, 0.1) is 24.6 Å². The van der Waals surface area contributed by atoms with E-state index in [1.54, 1.807) is 16.9 Å². The van der Waals surface area contributed by atoms with Gasteiger partial charge >= 0.3 is 0 Å². The average molecular weight is 507 g/mol. The smallest absolute Gasteiger partial charge is 0.223 e. The quantitative estimate of drug-likeness (QED) is 0.423. The molecule has 6 atom stereocenters. The minimum Gasteiger partial charge on any atom is -0.388 e. The molecule has 0 radical (unpaired) electrons. The Morgan fingerprint density at radius 3 is 3.00 bits per heavy atom. The number of carbonyl (C=O) groups excluding carboxylic acids is 1. The van der Waals surface area contributed by atoms with Crippen LogP contribution in [0.3, 0.4) is 0 Å². The molecule has 3 heterocycles. The number of fused-ring (bicyclic) bond motifs is 2. The number of nitrogens with zero attached hydrogens (tertiary/aromatic N) is 3. The minimum atomic E-state index is -0.997. The molecule has 8 nitrogen and oxygen atoms in total. The van der Waals surface area contributed by atoms with Crippen molar-refractivity contribution in [1.82, 2.24) is 30.9 Å². The summed E-state index contributed by atoms with van der Waals surface area (Å²) in [6, 6.07) is 9.18. The van der Waals surface area contributed by atoms with Gasteiger partial charge in [0.15, 0.2) is 0 Å². The van der Waals surface area contributed by atoms with Crippen LogP contribution in [0.1, 0.15) is 62.2 Å². The molecule has 37 heavy (non-hydrogen) atoms. The molecule has 1 aliphatic heterocycles. The second-order valence-corrected chi connectivity index (χ2v) is 11.3. The van der Waals surface area contributed by atoms with Crippen LogP contribution in [0.4, 0.5) is 4.39 Å². The molecule has 6 rings (SSSR count). The van der Waals surface area contributed by atoms with E-state index in [4.69, 9.17) is 0 Å². The van der Waals surface area contributed by atoms with E-state index < -0.39 is 5.60 Å². The maximum absolute atomic E-state index is 13.8. The molecule has 4 unspecified atom stereocenters. The maximum atomic E-state index is 13.8. The van der Waals surface area contributed by atoms with Crippen molar-refractivity contribution in [2.45, 2.75) is 82.1 Å². The molecule has 1 amide bonds. The van der Waals surface area contributed by atoms with Gasteiger partial charge in [-0.25, -0.2) is 9.82 Å². The van der Waals surface area contributed by atoms with Crippen LogP contribution in [0.15, 0.2) is 42.7 Å². The number of carbonyl (C=O) groups is 1. The summed E-state index contributed by atoms with van der Waals surface area (Å²) in [6.45, 7) is 2.28. The number of benzene rings is 1. The summed E-state index contributed by atoms with van der Waals surface area (Å²) in [4.78, 5) is 17.7. The summed E-state index contributed by atoms with van der Waals surface area (Å²) in [5.74, 6) is 0.0686. The highest BCUT2D eigenvalue weighted by atomic mass is 19.1. The largest absolute Gasteiger partial charge is 0.388 e. The zero-order chi connectivity index (χ0) is 25.6. The van der Waals surface area contributed by atoms with E-state index in [0.29, 0.717) is 30.3 Å². The number of nitrogens with one attached hydrogen (secondary N) is 3. The van der Waals surface area contributed by atoms with E-state index in [2.05, 4.69) is 38.4 Å². The van der Waals surface area contributed by atoms with Gasteiger partial charge in [0, 0.05) is 35.3 Å². The van der Waals surface area contributed by atoms with Crippen molar-refractivity contribution in [3.8, 4) is 0 Å². The number of hydrogen-bond acceptors (Lipinski definition) is 6. The number of hydrazine groups is 1. The lowest BCUT2D eigenvalue weighted by atomic mass is 9.74. The van der Waals surface area contributed by atoms with Gasteiger partial charge in [0.25, 0.3) is 0 Å². The fourth-order valence-corrected chi connectivity index (χ4v) is 6.76. The Morgan fingerprint density at radius 1 is 1.24 bits per heavy atom. The summed E-state index contributed by atoms with van der Waals surface area (Å²) in [7, 11) is 0. The molecule has 3 aromatic rings. The van der Waals surface area contributed by atoms with Gasteiger partial charge in [-0.05, 0) is 93.7 Å². The van der Waals surface area contributed by atoms with Crippen molar-refractivity contribution in [1.29, 1.82) is 0 Å². The van der Waals surface area contributed by atoms with Gasteiger partial charge in [-0.2, -0.15) is 5.10 Å². The van der Waals surface area contributed by atoms with Crippen molar-refractivity contribution in [2.24, 2.45) is 11.8 Å². The number of aromatic nitrogens is 3. The Hall–Kier alpha value is -2.88. The number of aliphatic hydroxyl groups is 1. The maximum Gasteiger partial charge on any atom is 0.223 e. The van der Waals surface area contributed by atoms with Crippen LogP contribution in [-0.4, -0.2) is 43.5 Å². The standard InChI is InChI=1S/C28H35FN6O2/c1-17-11-18(8-10-30-17)26-23-12-19(5-7-24(23)33-34-26)27(36)32-22-3-2-9-28(37,14-22)16-35-25-13-21(29)6-4-20(25)15-31-35/h4,6,8,10-11,13,15,19,22-24,26,33-34,37H,2-3,5,7,9,12,14,16H2,1H3,(H,32,36)/t19?,22-,23?,24?,26?,28-/m0/s1. The van der Waals surface area contributed by atoms with E-state index in [1.807, 2.05) is 13.1 Å². The van der Waals surface area contributed by atoms with Crippen molar-refractivity contribution in [3.05, 3.63) is 59.8 Å². The van der Waals surface area contributed by atoms with Gasteiger partial charge in [-0.3, -0.25) is 19.9 Å². The second kappa shape index (κ2) is 9.78. The third-order valence-electron chi connectivity index (χ3n) is 8.62. The van der Waals surface area contributed by atoms with Crippen LogP contribution < -0.4 is 16.2 Å². The molecule has 2 saturated carbocycles. The summed E-state index contributed by atoms with van der Waals surface area (Å²) in [5, 5.41) is 20.0. The van der Waals surface area contributed by atoms with Crippen molar-refractivity contribution >= 4 is 16.8 Å². The summed E-state index contributed by atoms with van der Waals surface area (Å²) in [6.07, 6.45) is 8.95. The highest BCUT2D eigenvalue weighted by molar-refractivity contribution is 5.79. The Labute approximate surface area is 216 Å². The first kappa shape index (κ1) is 24.5. The normalized spacial score (nSPS) is 31.8. The Bertz CT molecular complexity index is 1300. The Kier molecular flexibility index (Phi) is 6.46. The molecule has 1 aromatic carbocycles. The lowest BCUT2D eigenvalue weighted by Gasteiger charge is -2.38. The third kappa shape index (κ3) is 5.00. The average Bonchev–Trinajstić information content (AvgIpc) is 3.47. The lowest BCUT2D eigenvalue weighted by molar-refractivity contribution is -0.128. The van der Waals surface area contributed by atoms with Crippen LogP contribution in [-0.2, 0) is 11.3 Å². The van der Waals surface area contributed by atoms with Crippen molar-refractivity contribution < 1.29 is 14.3 Å². The fourth-order valence-electron chi connectivity index (χ4n) is 6.76. The zero-order valence-electron chi connectivity index (χ0n) is 21.2. The van der Waals surface area contributed by atoms with Crippen molar-refractivity contribution in [2.75, 3.05) is 0 Å². The van der Waals surface area contributed by atoms with Crippen molar-refractivity contribution in [3.63, 3.8) is 0 Å². The number of hydrogen-bond donors (Lipinski definition) is 4. The van der Waals surface area contributed by atoms with Gasteiger partial charge in [-0.1, -0.05) is 0 Å². The highest BCUT2D eigenvalue weighted by Gasteiger charge is 2.43. The first-order valence-electron chi connectivity index (χ1n) is 13.4. The third-order valence-corrected chi connectivity index (χ3v) is 8.62. The molecular formula is C28H35FN6O2. The molecule has 3 fully saturated rings. The predicted octanol–water partition coefficient (Wildman–Crippen LogP) is 3.30. The minimum absolute atomic E-state index is 0.0403. The molecule has 4 N–H and O–H groups in total. The van der Waals surface area contributed by atoms with E-state index in [-0.39, 0.29) is 36.3 Å². The molecule has 2 aromatic heterocycles. The van der Waals surface area contributed by atoms with Gasteiger partial charge in [0.05, 0.1) is 29.9 Å². The SMILES string of the molecule is Cc1cc(C2NNC3CCC(C(=O)N[C@H]4CCC[C@@](O)(Cn5ncc6ccc(F)cc65)C4)CC32)ccn1. The van der Waals surface area contributed by atoms with E-state index in [1.165, 1.54) is 17.7 Å². The molecular weight excluding hydrogens is 471 g/mol. The molecule has 1 saturated heterocycles. The van der Waals surface area contributed by atoms with Crippen LogP contribution in [0.25, 0.3) is 10.9 Å². The number of pyridine rings is 1. The topological polar surface area (TPSA) is 104 Å². The molecule has 3 aliphatic rings. The monoisotopic (exact) mass is 506 g/mol. The van der Waals surface area contributed by atoms with E-state index >= 15 is 0 Å². The van der Waals surface area contributed by atoms with Crippen LogP contribution in [0.5, 0.6) is 0 Å². The second-order valence-electron chi connectivity index (χ2n) is 11.3. The molecule has 0 spiro atoms. The summed E-state index contributed by atoms with van der Waals surface area (Å²) >= 11 is 0. The molecule has 196 valence electrons. The number of amides is 1. The molecule has 0 bridgehead atoms. The van der Waals surface area contributed by atoms with Gasteiger partial charge in [0.1, 0.15) is 5.82 Å². The molecule has 9 heteroatoms. The van der Waals surface area contributed by atoms with Crippen LogP contribution in [0.2, 0.25) is 0 Å². The van der Waals surface area contributed by atoms with Gasteiger partial charge < -0.3 is 10.4 Å². The fraction of sp³-hybridized carbons (Fsp3) is 0.536. The first-order valence-corrected chi connectivity index (χ1v) is 13.4. The molecule has 2 aliphatic carbocycles. The van der Waals surface area contributed by atoms with Gasteiger partial charge in [-0.15, -0.1) is 0 Å². The van der Waals surface area contributed by atoms with Gasteiger partial charge in [0.2, 0.25) is 5.91 Å². The van der Waals surface area contributed by atoms with Crippen LogP contribution >= 0.6 is 0 Å². The summed E-state index contributed by atoms with van der Waals surface area (Å²) < 4.78 is 15.5. The van der Waals surface area contributed by atoms with E-state index in [9.17, 15) is 14.3 Å². The predicted molar refractivity (Wildman–Crippen MR) is 138 cm³/mol. The van der Waals surface area contributed by atoms with E-state index in [0.717, 1.165) is 43.2 Å².